The molecule has 1 aromatic carbocycles. The summed E-state index contributed by atoms with van der Waals surface area (Å²) >= 11 is 0. The van der Waals surface area contributed by atoms with Gasteiger partial charge in [0.1, 0.15) is 11.5 Å². The summed E-state index contributed by atoms with van der Waals surface area (Å²) < 4.78 is 10.8. The first kappa shape index (κ1) is 24.8. The SMILES string of the molecule is CCNC(=NCc1ncccc1C)NCCCc1cc2c(OC)cc(OC)cc2[nH]1.I. The molecule has 0 fully saturated rings. The van der Waals surface area contributed by atoms with E-state index in [0.29, 0.717) is 6.54 Å². The monoisotopic (exact) mass is 537 g/mol. The zero-order chi connectivity index (χ0) is 21.3. The van der Waals surface area contributed by atoms with Gasteiger partial charge in [0.2, 0.25) is 0 Å². The van der Waals surface area contributed by atoms with Crippen molar-refractivity contribution in [3.05, 3.63) is 53.5 Å². The molecule has 0 spiro atoms. The number of hydrogen-bond donors (Lipinski definition) is 3. The molecule has 0 amide bonds. The Morgan fingerprint density at radius 3 is 2.71 bits per heavy atom. The number of guanidine groups is 1. The van der Waals surface area contributed by atoms with Crippen molar-refractivity contribution >= 4 is 40.8 Å². The molecule has 7 nitrogen and oxygen atoms in total. The third-order valence-electron chi connectivity index (χ3n) is 4.95. The molecule has 8 heteroatoms. The molecule has 0 atom stereocenters. The highest BCUT2D eigenvalue weighted by atomic mass is 127. The Hall–Kier alpha value is -2.49. The van der Waals surface area contributed by atoms with Crippen LogP contribution in [0.25, 0.3) is 10.9 Å². The number of methoxy groups -OCH3 is 2. The number of hydrogen-bond acceptors (Lipinski definition) is 4. The van der Waals surface area contributed by atoms with Crippen molar-refractivity contribution in [1.82, 2.24) is 20.6 Å². The van der Waals surface area contributed by atoms with Gasteiger partial charge in [-0.1, -0.05) is 6.07 Å². The molecule has 3 aromatic rings. The molecule has 0 aliphatic carbocycles. The van der Waals surface area contributed by atoms with Crippen LogP contribution in [0.3, 0.4) is 0 Å². The average Bonchev–Trinajstić information content (AvgIpc) is 3.18. The molecule has 0 bridgehead atoms. The first-order valence-corrected chi connectivity index (χ1v) is 10.3. The molecule has 3 N–H and O–H groups in total. The third-order valence-corrected chi connectivity index (χ3v) is 4.95. The maximum Gasteiger partial charge on any atom is 0.191 e. The fraction of sp³-hybridized carbons (Fsp3) is 0.391. The summed E-state index contributed by atoms with van der Waals surface area (Å²) in [6, 6.07) is 10.1. The molecule has 0 aliphatic heterocycles. The van der Waals surface area contributed by atoms with Gasteiger partial charge in [-0.25, -0.2) is 4.99 Å². The Bertz CT molecular complexity index is 1000. The normalized spacial score (nSPS) is 11.2. The van der Waals surface area contributed by atoms with Crippen molar-refractivity contribution in [3.63, 3.8) is 0 Å². The molecule has 3 rings (SSSR count). The predicted octanol–water partition coefficient (Wildman–Crippen LogP) is 4.19. The predicted molar refractivity (Wildman–Crippen MR) is 137 cm³/mol. The van der Waals surface area contributed by atoms with Crippen molar-refractivity contribution in [2.75, 3.05) is 27.3 Å². The van der Waals surface area contributed by atoms with Gasteiger partial charge in [-0.15, -0.1) is 24.0 Å². The summed E-state index contributed by atoms with van der Waals surface area (Å²) in [5, 5.41) is 7.77. The number of benzene rings is 1. The van der Waals surface area contributed by atoms with E-state index in [1.807, 2.05) is 24.4 Å². The fourth-order valence-electron chi connectivity index (χ4n) is 3.32. The number of H-pyrrole nitrogens is 1. The highest BCUT2D eigenvalue weighted by Gasteiger charge is 2.09. The number of rotatable bonds is 9. The summed E-state index contributed by atoms with van der Waals surface area (Å²) in [7, 11) is 3.34. The Balaban J connectivity index is 0.00000341. The molecule has 0 unspecified atom stereocenters. The molecule has 0 radical (unpaired) electrons. The van der Waals surface area contributed by atoms with Crippen LogP contribution in [-0.4, -0.2) is 43.2 Å². The lowest BCUT2D eigenvalue weighted by Gasteiger charge is -2.11. The summed E-state index contributed by atoms with van der Waals surface area (Å²) in [5.74, 6) is 2.41. The minimum Gasteiger partial charge on any atom is -0.497 e. The largest absolute Gasteiger partial charge is 0.497 e. The number of nitrogens with one attached hydrogen (secondary N) is 3. The number of aryl methyl sites for hydroxylation is 2. The van der Waals surface area contributed by atoms with E-state index in [-0.39, 0.29) is 24.0 Å². The highest BCUT2D eigenvalue weighted by molar-refractivity contribution is 14.0. The minimum absolute atomic E-state index is 0. The van der Waals surface area contributed by atoms with Crippen LogP contribution in [-0.2, 0) is 13.0 Å². The van der Waals surface area contributed by atoms with Crippen LogP contribution in [0.1, 0.15) is 30.3 Å². The van der Waals surface area contributed by atoms with E-state index in [0.717, 1.165) is 65.6 Å². The topological polar surface area (TPSA) is 83.6 Å². The quantitative estimate of drug-likeness (QED) is 0.165. The van der Waals surface area contributed by atoms with Gasteiger partial charge < -0.3 is 25.1 Å². The summed E-state index contributed by atoms with van der Waals surface area (Å²) in [6.07, 6.45) is 3.70. The van der Waals surface area contributed by atoms with Gasteiger partial charge in [0.25, 0.3) is 0 Å². The van der Waals surface area contributed by atoms with Crippen LogP contribution in [0, 0.1) is 6.92 Å². The van der Waals surface area contributed by atoms with E-state index in [9.17, 15) is 0 Å². The van der Waals surface area contributed by atoms with Crippen LogP contribution in [0.2, 0.25) is 0 Å². The van der Waals surface area contributed by atoms with Crippen molar-refractivity contribution in [2.45, 2.75) is 33.2 Å². The van der Waals surface area contributed by atoms with Gasteiger partial charge in [-0.2, -0.15) is 0 Å². The smallest absolute Gasteiger partial charge is 0.191 e. The number of aromatic nitrogens is 2. The molecule has 168 valence electrons. The zero-order valence-electron chi connectivity index (χ0n) is 18.6. The number of halogens is 1. The number of pyridine rings is 1. The average molecular weight is 537 g/mol. The summed E-state index contributed by atoms with van der Waals surface area (Å²) in [6.45, 7) is 6.32. The van der Waals surface area contributed by atoms with E-state index in [2.05, 4.69) is 51.6 Å². The lowest BCUT2D eigenvalue weighted by Crippen LogP contribution is -2.37. The molecule has 31 heavy (non-hydrogen) atoms. The number of fused-ring (bicyclic) bond motifs is 1. The number of aromatic amines is 1. The third kappa shape index (κ3) is 6.75. The first-order chi connectivity index (χ1) is 14.6. The van der Waals surface area contributed by atoms with E-state index >= 15 is 0 Å². The highest BCUT2D eigenvalue weighted by Crippen LogP contribution is 2.31. The zero-order valence-corrected chi connectivity index (χ0v) is 20.9. The summed E-state index contributed by atoms with van der Waals surface area (Å²) in [5.41, 5.74) is 4.35. The Labute approximate surface area is 201 Å². The van der Waals surface area contributed by atoms with Crippen molar-refractivity contribution < 1.29 is 9.47 Å². The van der Waals surface area contributed by atoms with Gasteiger partial charge in [-0.05, 0) is 44.4 Å². The van der Waals surface area contributed by atoms with E-state index in [1.54, 1.807) is 14.2 Å². The van der Waals surface area contributed by atoms with Crippen molar-refractivity contribution in [1.29, 1.82) is 0 Å². The van der Waals surface area contributed by atoms with E-state index in [1.165, 1.54) is 5.69 Å². The van der Waals surface area contributed by atoms with Gasteiger partial charge in [0, 0.05) is 42.5 Å². The second kappa shape index (κ2) is 12.4. The molecule has 0 aliphatic rings. The molecule has 0 saturated heterocycles. The van der Waals surface area contributed by atoms with Crippen LogP contribution < -0.4 is 20.1 Å². The lowest BCUT2D eigenvalue weighted by molar-refractivity contribution is 0.398. The Kier molecular flexibility index (Phi) is 9.90. The number of ether oxygens (including phenoxy) is 2. The minimum atomic E-state index is 0. The van der Waals surface area contributed by atoms with Crippen molar-refractivity contribution in [3.8, 4) is 11.5 Å². The van der Waals surface area contributed by atoms with Crippen LogP contribution in [0.15, 0.2) is 41.5 Å². The van der Waals surface area contributed by atoms with Gasteiger partial charge in [0.05, 0.1) is 32.0 Å². The van der Waals surface area contributed by atoms with Crippen LogP contribution in [0.4, 0.5) is 0 Å². The summed E-state index contributed by atoms with van der Waals surface area (Å²) in [4.78, 5) is 12.5. The van der Waals surface area contributed by atoms with Gasteiger partial charge in [0.15, 0.2) is 5.96 Å². The number of nitrogens with zero attached hydrogens (tertiary/aromatic N) is 2. The molecule has 2 aromatic heterocycles. The standard InChI is InChI=1S/C23H31N5O2.HI/c1-5-24-23(27-15-21-16(2)8-6-10-25-21)26-11-7-9-17-12-19-20(28-17)13-18(29-3)14-22(19)30-4;/h6,8,10,12-14,28H,5,7,9,11,15H2,1-4H3,(H2,24,26,27);1H. The van der Waals surface area contributed by atoms with Gasteiger partial charge >= 0.3 is 0 Å². The van der Waals surface area contributed by atoms with Crippen molar-refractivity contribution in [2.24, 2.45) is 4.99 Å². The maximum atomic E-state index is 5.50. The molecular formula is C23H32IN5O2. The Morgan fingerprint density at radius 2 is 2.00 bits per heavy atom. The first-order valence-electron chi connectivity index (χ1n) is 10.3. The Morgan fingerprint density at radius 1 is 1.16 bits per heavy atom. The maximum absolute atomic E-state index is 5.50. The molecular weight excluding hydrogens is 505 g/mol. The number of aliphatic imine (C=N–C) groups is 1. The van der Waals surface area contributed by atoms with E-state index in [4.69, 9.17) is 9.47 Å². The lowest BCUT2D eigenvalue weighted by atomic mass is 10.2. The second-order valence-corrected chi connectivity index (χ2v) is 7.08. The van der Waals surface area contributed by atoms with Gasteiger partial charge in [-0.3, -0.25) is 4.98 Å². The molecule has 0 saturated carbocycles. The fourth-order valence-corrected chi connectivity index (χ4v) is 3.32. The molecule has 2 heterocycles. The van der Waals surface area contributed by atoms with E-state index < -0.39 is 0 Å². The van der Waals surface area contributed by atoms with Crippen LogP contribution >= 0.6 is 24.0 Å². The second-order valence-electron chi connectivity index (χ2n) is 7.08. The van der Waals surface area contributed by atoms with Crippen LogP contribution in [0.5, 0.6) is 11.5 Å².